The van der Waals surface area contributed by atoms with Crippen LogP contribution >= 0.6 is 23.4 Å². The maximum Gasteiger partial charge on any atom is 0.335 e. The van der Waals surface area contributed by atoms with E-state index in [1.54, 1.807) is 55.5 Å². The summed E-state index contributed by atoms with van der Waals surface area (Å²) in [5.41, 5.74) is 2.04. The van der Waals surface area contributed by atoms with Gasteiger partial charge in [0.2, 0.25) is 5.91 Å². The first-order chi connectivity index (χ1) is 16.2. The Morgan fingerprint density at radius 3 is 2.65 bits per heavy atom. The molecule has 0 unspecified atom stereocenters. The molecule has 1 fully saturated rings. The average molecular weight is 497 g/mol. The number of nitrogens with zero attached hydrogens (tertiary/aromatic N) is 1. The zero-order valence-corrected chi connectivity index (χ0v) is 19.3. The molecule has 3 aromatic rings. The highest BCUT2D eigenvalue weighted by molar-refractivity contribution is 8.18. The molecule has 8 nitrogen and oxygen atoms in total. The van der Waals surface area contributed by atoms with E-state index in [0.717, 1.165) is 4.90 Å². The molecule has 3 amide bonds. The van der Waals surface area contributed by atoms with Gasteiger partial charge in [-0.1, -0.05) is 23.7 Å². The van der Waals surface area contributed by atoms with Crippen LogP contribution in [0.15, 0.2) is 63.9 Å². The molecule has 1 aliphatic rings. The van der Waals surface area contributed by atoms with Crippen molar-refractivity contribution >= 4 is 58.1 Å². The normalized spacial score (nSPS) is 14.6. The number of carbonyl (C=O) groups is 4. The first-order valence-corrected chi connectivity index (χ1v) is 11.2. The van der Waals surface area contributed by atoms with Gasteiger partial charge < -0.3 is 14.8 Å². The molecule has 0 bridgehead atoms. The molecule has 0 saturated carbocycles. The molecule has 0 spiro atoms. The molecule has 2 aromatic carbocycles. The number of aromatic carboxylic acids is 1. The van der Waals surface area contributed by atoms with E-state index in [1.807, 2.05) is 0 Å². The van der Waals surface area contributed by atoms with Gasteiger partial charge in [-0.25, -0.2) is 4.79 Å². The molecule has 172 valence electrons. The van der Waals surface area contributed by atoms with Crippen LogP contribution in [0, 0.1) is 6.92 Å². The number of halogens is 1. The van der Waals surface area contributed by atoms with E-state index in [0.29, 0.717) is 45.1 Å². The van der Waals surface area contributed by atoms with Gasteiger partial charge in [0.15, 0.2) is 0 Å². The minimum atomic E-state index is -1.02. The number of thioether (sulfide) groups is 1. The molecule has 0 aliphatic carbocycles. The number of aryl methyl sites for hydroxylation is 1. The number of furan rings is 1. The summed E-state index contributed by atoms with van der Waals surface area (Å²) < 4.78 is 5.79. The lowest BCUT2D eigenvalue weighted by Gasteiger charge is -2.12. The van der Waals surface area contributed by atoms with E-state index in [9.17, 15) is 19.2 Å². The Hall–Kier alpha value is -3.82. The lowest BCUT2D eigenvalue weighted by Crippen LogP contribution is -2.36. The monoisotopic (exact) mass is 496 g/mol. The topological polar surface area (TPSA) is 117 Å². The zero-order chi connectivity index (χ0) is 24.4. The Kier molecular flexibility index (Phi) is 6.58. The summed E-state index contributed by atoms with van der Waals surface area (Å²) in [6.07, 6.45) is 1.43. The molecular weight excluding hydrogens is 480 g/mol. The van der Waals surface area contributed by atoms with Gasteiger partial charge in [0.1, 0.15) is 18.1 Å². The van der Waals surface area contributed by atoms with Gasteiger partial charge in [-0.05, 0) is 66.7 Å². The fourth-order valence-electron chi connectivity index (χ4n) is 3.32. The van der Waals surface area contributed by atoms with Gasteiger partial charge in [0.05, 0.1) is 10.5 Å². The summed E-state index contributed by atoms with van der Waals surface area (Å²) in [6.45, 7) is 1.33. The Labute approximate surface area is 203 Å². The maximum absolute atomic E-state index is 12.7. The quantitative estimate of drug-likeness (QED) is 0.446. The zero-order valence-electron chi connectivity index (χ0n) is 17.7. The second-order valence-corrected chi connectivity index (χ2v) is 8.79. The van der Waals surface area contributed by atoms with Gasteiger partial charge in [0.25, 0.3) is 11.1 Å². The smallest absolute Gasteiger partial charge is 0.335 e. The van der Waals surface area contributed by atoms with E-state index >= 15 is 0 Å². The minimum Gasteiger partial charge on any atom is -0.478 e. The molecule has 34 heavy (non-hydrogen) atoms. The predicted octanol–water partition coefficient (Wildman–Crippen LogP) is 5.28. The first-order valence-electron chi connectivity index (χ1n) is 9.96. The van der Waals surface area contributed by atoms with E-state index in [4.69, 9.17) is 21.1 Å². The van der Waals surface area contributed by atoms with Crippen LogP contribution in [0.25, 0.3) is 17.4 Å². The van der Waals surface area contributed by atoms with Crippen LogP contribution in [-0.2, 0) is 9.59 Å². The number of hydrogen-bond acceptors (Lipinski definition) is 6. The Bertz CT molecular complexity index is 1360. The van der Waals surface area contributed by atoms with Crippen molar-refractivity contribution in [2.75, 3.05) is 11.9 Å². The molecular formula is C24H17ClN2O6S. The fourth-order valence-corrected chi connectivity index (χ4v) is 4.33. The van der Waals surface area contributed by atoms with Crippen molar-refractivity contribution in [3.8, 4) is 11.3 Å². The Balaban J connectivity index is 1.47. The molecule has 1 aliphatic heterocycles. The molecule has 1 saturated heterocycles. The average Bonchev–Trinajstić information content (AvgIpc) is 3.34. The highest BCUT2D eigenvalue weighted by Crippen LogP contribution is 2.34. The van der Waals surface area contributed by atoms with Crippen LogP contribution < -0.4 is 5.32 Å². The maximum atomic E-state index is 12.7. The third kappa shape index (κ3) is 5.05. The van der Waals surface area contributed by atoms with Crippen molar-refractivity contribution in [1.82, 2.24) is 4.90 Å². The van der Waals surface area contributed by atoms with Gasteiger partial charge in [-0.3, -0.25) is 19.3 Å². The van der Waals surface area contributed by atoms with Gasteiger partial charge in [-0.15, -0.1) is 0 Å². The molecule has 2 heterocycles. The predicted molar refractivity (Wildman–Crippen MR) is 129 cm³/mol. The van der Waals surface area contributed by atoms with Gasteiger partial charge in [0, 0.05) is 22.3 Å². The van der Waals surface area contributed by atoms with E-state index < -0.39 is 29.6 Å². The number of carbonyl (C=O) groups excluding carboxylic acids is 3. The largest absolute Gasteiger partial charge is 0.478 e. The van der Waals surface area contributed by atoms with Gasteiger partial charge in [-0.2, -0.15) is 0 Å². The highest BCUT2D eigenvalue weighted by atomic mass is 35.5. The number of carboxylic acids is 1. The van der Waals surface area contributed by atoms with Crippen LogP contribution in [0.4, 0.5) is 10.5 Å². The number of nitrogens with one attached hydrogen (secondary N) is 1. The lowest BCUT2D eigenvalue weighted by molar-refractivity contribution is -0.127. The van der Waals surface area contributed by atoms with E-state index in [2.05, 4.69) is 5.32 Å². The van der Waals surface area contributed by atoms with Crippen molar-refractivity contribution in [3.63, 3.8) is 0 Å². The minimum absolute atomic E-state index is 0.124. The van der Waals surface area contributed by atoms with Crippen LogP contribution in [0.1, 0.15) is 21.7 Å². The van der Waals surface area contributed by atoms with Crippen LogP contribution in [0.5, 0.6) is 0 Å². The number of carboxylic acid groups (broad SMARTS) is 1. The molecule has 1 aromatic heterocycles. The van der Waals surface area contributed by atoms with Crippen molar-refractivity contribution in [2.45, 2.75) is 6.92 Å². The van der Waals surface area contributed by atoms with Crippen LogP contribution in [0.3, 0.4) is 0 Å². The van der Waals surface area contributed by atoms with Crippen molar-refractivity contribution in [1.29, 1.82) is 0 Å². The summed E-state index contributed by atoms with van der Waals surface area (Å²) in [4.78, 5) is 49.5. The second-order valence-electron chi connectivity index (χ2n) is 7.36. The summed E-state index contributed by atoms with van der Waals surface area (Å²) in [5, 5.41) is 11.6. The van der Waals surface area contributed by atoms with Crippen LogP contribution in [0.2, 0.25) is 5.02 Å². The van der Waals surface area contributed by atoms with E-state index in [1.165, 1.54) is 12.1 Å². The molecule has 10 heteroatoms. The van der Waals surface area contributed by atoms with Crippen molar-refractivity contribution in [3.05, 3.63) is 81.4 Å². The standard InChI is InChI=1S/C24H17ClN2O6S/c1-13-9-14(23(30)31)5-7-18(13)19-8-6-17(33-19)11-20-22(29)27(24(32)34-20)12-21(28)26-16-4-2-3-15(25)10-16/h2-11H,12H2,1H3,(H,26,28)(H,30,31)/b20-11+. The number of hydrogen-bond donors (Lipinski definition) is 2. The summed E-state index contributed by atoms with van der Waals surface area (Å²) in [5.74, 6) is -1.33. The summed E-state index contributed by atoms with van der Waals surface area (Å²) in [7, 11) is 0. The summed E-state index contributed by atoms with van der Waals surface area (Å²) >= 11 is 6.61. The lowest BCUT2D eigenvalue weighted by atomic mass is 10.0. The van der Waals surface area contributed by atoms with Gasteiger partial charge >= 0.3 is 5.97 Å². The van der Waals surface area contributed by atoms with E-state index in [-0.39, 0.29) is 10.5 Å². The second kappa shape index (κ2) is 9.58. The van der Waals surface area contributed by atoms with Crippen molar-refractivity contribution < 1.29 is 28.7 Å². The highest BCUT2D eigenvalue weighted by Gasteiger charge is 2.36. The fraction of sp³-hybridized carbons (Fsp3) is 0.0833. The number of rotatable bonds is 6. The van der Waals surface area contributed by atoms with Crippen molar-refractivity contribution in [2.24, 2.45) is 0 Å². The third-order valence-corrected chi connectivity index (χ3v) is 6.07. The summed E-state index contributed by atoms with van der Waals surface area (Å²) in [6, 6.07) is 14.5. The van der Waals surface area contributed by atoms with Crippen LogP contribution in [-0.4, -0.2) is 39.6 Å². The first kappa shape index (κ1) is 23.3. The number of imide groups is 1. The Morgan fingerprint density at radius 2 is 1.94 bits per heavy atom. The molecule has 0 atom stereocenters. The number of anilines is 1. The SMILES string of the molecule is Cc1cc(C(=O)O)ccc1-c1ccc(/C=C2/SC(=O)N(CC(=O)Nc3cccc(Cl)c3)C2=O)o1. The third-order valence-electron chi connectivity index (χ3n) is 4.92. The molecule has 2 N–H and O–H groups in total. The molecule has 0 radical (unpaired) electrons. The number of benzene rings is 2. The number of amides is 3. The Morgan fingerprint density at radius 1 is 1.15 bits per heavy atom. The molecule has 4 rings (SSSR count).